The van der Waals surface area contributed by atoms with Crippen LogP contribution < -0.4 is 0 Å². The summed E-state index contributed by atoms with van der Waals surface area (Å²) in [6.45, 7) is 0. The van der Waals surface area contributed by atoms with E-state index in [2.05, 4.69) is 9.97 Å². The number of para-hydroxylation sites is 1. The van der Waals surface area contributed by atoms with Gasteiger partial charge in [-0.2, -0.15) is 0 Å². The fraction of sp³-hybridized carbons (Fsp3) is 0. The minimum absolute atomic E-state index is 0.0558. The lowest BCUT2D eigenvalue weighted by Gasteiger charge is -2.01. The number of carboxylic acid groups (broad SMARTS) is 1. The minimum Gasteiger partial charge on any atom is -0.478 e. The van der Waals surface area contributed by atoms with Crippen molar-refractivity contribution in [3.63, 3.8) is 0 Å². The highest BCUT2D eigenvalue weighted by Gasteiger charge is 2.11. The highest BCUT2D eigenvalue weighted by molar-refractivity contribution is 7.99. The fourth-order valence-electron chi connectivity index (χ4n) is 1.85. The van der Waals surface area contributed by atoms with Crippen LogP contribution in [0.5, 0.6) is 0 Å². The number of rotatable bonds is 3. The molecule has 0 aliphatic carbocycles. The van der Waals surface area contributed by atoms with E-state index in [0.717, 1.165) is 15.9 Å². The molecule has 0 fully saturated rings. The molecule has 0 saturated heterocycles. The highest BCUT2D eigenvalue weighted by atomic mass is 35.5. The molecule has 0 bridgehead atoms. The third-order valence-electron chi connectivity index (χ3n) is 2.78. The molecular weight excluding hydrogens is 296 g/mol. The fourth-order valence-corrected chi connectivity index (χ4v) is 2.89. The number of aromatic carboxylic acids is 1. The first kappa shape index (κ1) is 13.0. The maximum atomic E-state index is 11.0. The molecule has 100 valence electrons. The first-order chi connectivity index (χ1) is 9.63. The van der Waals surface area contributed by atoms with E-state index >= 15 is 0 Å². The number of hydrogen-bond acceptors (Lipinski definition) is 3. The molecule has 0 aliphatic rings. The second-order valence-electron chi connectivity index (χ2n) is 4.13. The summed E-state index contributed by atoms with van der Waals surface area (Å²) < 4.78 is 0. The molecule has 2 N–H and O–H groups in total. The van der Waals surface area contributed by atoms with Gasteiger partial charge in [-0.15, -0.1) is 0 Å². The van der Waals surface area contributed by atoms with Gasteiger partial charge in [-0.1, -0.05) is 41.6 Å². The number of nitrogens with zero attached hydrogens (tertiary/aromatic N) is 1. The summed E-state index contributed by atoms with van der Waals surface area (Å²) in [7, 11) is 0. The van der Waals surface area contributed by atoms with E-state index in [0.29, 0.717) is 5.03 Å². The average molecular weight is 305 g/mol. The molecule has 1 aromatic carbocycles. The summed E-state index contributed by atoms with van der Waals surface area (Å²) in [5, 5.41) is 11.8. The van der Waals surface area contributed by atoms with Crippen LogP contribution in [-0.4, -0.2) is 21.0 Å². The number of carboxylic acids is 1. The summed E-state index contributed by atoms with van der Waals surface area (Å²) in [4.78, 5) is 18.4. The van der Waals surface area contributed by atoms with Crippen LogP contribution in [0.3, 0.4) is 0 Å². The minimum atomic E-state index is -1.06. The van der Waals surface area contributed by atoms with Crippen molar-refractivity contribution in [2.45, 2.75) is 10.1 Å². The maximum absolute atomic E-state index is 11.0. The van der Waals surface area contributed by atoms with E-state index in [9.17, 15) is 4.79 Å². The van der Waals surface area contributed by atoms with Crippen molar-refractivity contribution in [2.24, 2.45) is 0 Å². The molecule has 0 atom stereocenters. The normalized spacial score (nSPS) is 10.8. The van der Waals surface area contributed by atoms with Gasteiger partial charge in [0.15, 0.2) is 0 Å². The molecule has 0 radical (unpaired) electrons. The number of nitrogens with one attached hydrogen (secondary N) is 1. The van der Waals surface area contributed by atoms with E-state index in [-0.39, 0.29) is 10.6 Å². The van der Waals surface area contributed by atoms with E-state index in [4.69, 9.17) is 16.7 Å². The first-order valence-corrected chi connectivity index (χ1v) is 6.97. The number of halogens is 1. The summed E-state index contributed by atoms with van der Waals surface area (Å²) in [6, 6.07) is 11.4. The van der Waals surface area contributed by atoms with Crippen LogP contribution >= 0.6 is 23.4 Å². The van der Waals surface area contributed by atoms with Crippen LogP contribution in [0.4, 0.5) is 0 Å². The Balaban J connectivity index is 1.94. The number of H-pyrrole nitrogens is 1. The molecular formula is C14H9ClN2O2S. The zero-order valence-electron chi connectivity index (χ0n) is 10.1. The van der Waals surface area contributed by atoms with Crippen LogP contribution in [0.15, 0.2) is 52.6 Å². The molecule has 0 saturated carbocycles. The quantitative estimate of drug-likeness (QED) is 0.765. The van der Waals surface area contributed by atoms with Crippen molar-refractivity contribution < 1.29 is 9.90 Å². The first-order valence-electron chi connectivity index (χ1n) is 5.78. The van der Waals surface area contributed by atoms with Crippen molar-refractivity contribution in [1.82, 2.24) is 9.97 Å². The largest absolute Gasteiger partial charge is 0.478 e. The number of carbonyl (C=O) groups is 1. The van der Waals surface area contributed by atoms with Gasteiger partial charge >= 0.3 is 5.97 Å². The van der Waals surface area contributed by atoms with Gasteiger partial charge in [-0.25, -0.2) is 9.78 Å². The highest BCUT2D eigenvalue weighted by Crippen LogP contribution is 2.30. The lowest BCUT2D eigenvalue weighted by Crippen LogP contribution is -1.98. The second-order valence-corrected chi connectivity index (χ2v) is 5.60. The second kappa shape index (κ2) is 5.19. The zero-order chi connectivity index (χ0) is 14.1. The van der Waals surface area contributed by atoms with Crippen molar-refractivity contribution in [2.75, 3.05) is 0 Å². The lowest BCUT2D eigenvalue weighted by atomic mass is 10.3. The Bertz CT molecular complexity index is 768. The Morgan fingerprint density at radius 3 is 2.85 bits per heavy atom. The van der Waals surface area contributed by atoms with Gasteiger partial charge in [-0.3, -0.25) is 0 Å². The van der Waals surface area contributed by atoms with Gasteiger partial charge in [0.1, 0.15) is 5.03 Å². The van der Waals surface area contributed by atoms with Gasteiger partial charge < -0.3 is 10.1 Å². The van der Waals surface area contributed by atoms with Crippen LogP contribution in [0.1, 0.15) is 10.4 Å². The summed E-state index contributed by atoms with van der Waals surface area (Å²) >= 11 is 7.16. The number of aromatic amines is 1. The summed E-state index contributed by atoms with van der Waals surface area (Å²) in [5.41, 5.74) is 1.09. The predicted molar refractivity (Wildman–Crippen MR) is 78.6 cm³/mol. The van der Waals surface area contributed by atoms with E-state index < -0.39 is 5.97 Å². The molecule has 0 aliphatic heterocycles. The SMILES string of the molecule is O=C(O)c1cc(Sc2cc3ccccc3[nH]2)ncc1Cl. The maximum Gasteiger partial charge on any atom is 0.337 e. The van der Waals surface area contributed by atoms with Crippen LogP contribution in [0, 0.1) is 0 Å². The van der Waals surface area contributed by atoms with Crippen molar-refractivity contribution >= 4 is 40.2 Å². The van der Waals surface area contributed by atoms with Gasteiger partial charge in [0, 0.05) is 17.1 Å². The Morgan fingerprint density at radius 1 is 1.30 bits per heavy atom. The number of benzene rings is 1. The van der Waals surface area contributed by atoms with Crippen LogP contribution in [-0.2, 0) is 0 Å². The van der Waals surface area contributed by atoms with Crippen molar-refractivity contribution in [3.8, 4) is 0 Å². The van der Waals surface area contributed by atoms with Gasteiger partial charge in [-0.05, 0) is 18.2 Å². The Kier molecular flexibility index (Phi) is 3.38. The number of fused-ring (bicyclic) bond motifs is 1. The Morgan fingerprint density at radius 2 is 2.10 bits per heavy atom. The molecule has 4 nitrogen and oxygen atoms in total. The molecule has 0 unspecified atom stereocenters. The Hall–Kier alpha value is -1.98. The third kappa shape index (κ3) is 2.50. The molecule has 3 rings (SSSR count). The molecule has 20 heavy (non-hydrogen) atoms. The van der Waals surface area contributed by atoms with Crippen molar-refractivity contribution in [3.05, 3.63) is 53.2 Å². The van der Waals surface area contributed by atoms with Gasteiger partial charge in [0.05, 0.1) is 15.6 Å². The molecule has 0 spiro atoms. The van der Waals surface area contributed by atoms with Gasteiger partial charge in [0.2, 0.25) is 0 Å². The third-order valence-corrected chi connectivity index (χ3v) is 3.95. The number of hydrogen-bond donors (Lipinski definition) is 2. The molecule has 6 heteroatoms. The molecule has 2 aromatic heterocycles. The van der Waals surface area contributed by atoms with E-state index in [1.807, 2.05) is 30.3 Å². The number of aromatic nitrogens is 2. The smallest absolute Gasteiger partial charge is 0.337 e. The van der Waals surface area contributed by atoms with E-state index in [1.54, 1.807) is 0 Å². The van der Waals surface area contributed by atoms with Crippen molar-refractivity contribution in [1.29, 1.82) is 0 Å². The Labute approximate surface area is 123 Å². The monoisotopic (exact) mass is 304 g/mol. The van der Waals surface area contributed by atoms with E-state index in [1.165, 1.54) is 24.0 Å². The summed E-state index contributed by atoms with van der Waals surface area (Å²) in [5.74, 6) is -1.06. The average Bonchev–Trinajstić information content (AvgIpc) is 2.82. The van der Waals surface area contributed by atoms with Crippen LogP contribution in [0.2, 0.25) is 5.02 Å². The zero-order valence-corrected chi connectivity index (χ0v) is 11.7. The molecule has 0 amide bonds. The van der Waals surface area contributed by atoms with Gasteiger partial charge in [0.25, 0.3) is 0 Å². The predicted octanol–water partition coefficient (Wildman–Crippen LogP) is 4.07. The molecule has 3 aromatic rings. The summed E-state index contributed by atoms with van der Waals surface area (Å²) in [6.07, 6.45) is 1.36. The molecule has 2 heterocycles. The standard InChI is InChI=1S/C14H9ClN2O2S/c15-10-7-16-12(6-9(10)14(18)19)20-13-5-8-3-1-2-4-11(8)17-13/h1-7,17H,(H,18,19). The lowest BCUT2D eigenvalue weighted by molar-refractivity contribution is 0.0696. The number of pyridine rings is 1. The van der Waals surface area contributed by atoms with Crippen LogP contribution in [0.25, 0.3) is 10.9 Å². The topological polar surface area (TPSA) is 66.0 Å².